The van der Waals surface area contributed by atoms with Crippen LogP contribution in [0.15, 0.2) is 35.4 Å². The van der Waals surface area contributed by atoms with E-state index in [-0.39, 0.29) is 46.0 Å². The lowest BCUT2D eigenvalue weighted by molar-refractivity contribution is -0.0178. The highest BCUT2D eigenvalue weighted by atomic mass is 19.1. The number of hydrogen-bond acceptors (Lipinski definition) is 7. The summed E-state index contributed by atoms with van der Waals surface area (Å²) in [4.78, 5) is 28.8. The molecule has 0 bridgehead atoms. The number of anilines is 1. The van der Waals surface area contributed by atoms with Crippen LogP contribution in [0.4, 0.5) is 14.7 Å². The van der Waals surface area contributed by atoms with E-state index in [2.05, 4.69) is 20.1 Å². The quantitative estimate of drug-likeness (QED) is 0.430. The van der Waals surface area contributed by atoms with E-state index in [1.165, 1.54) is 10.6 Å². The monoisotopic (exact) mass is 493 g/mol. The number of fused-ring (bicyclic) bond motifs is 1. The molecular formula is C25H25F2N7O2. The smallest absolute Gasteiger partial charge is 0.279 e. The molecule has 2 atom stereocenters. The largest absolute Gasteiger partial charge is 0.367 e. The van der Waals surface area contributed by atoms with Gasteiger partial charge in [-0.25, -0.2) is 23.7 Å². The lowest BCUT2D eigenvalue weighted by atomic mass is 10.1. The first-order chi connectivity index (χ1) is 17.3. The van der Waals surface area contributed by atoms with Crippen LogP contribution in [0.1, 0.15) is 43.3 Å². The maximum atomic E-state index is 14.9. The van der Waals surface area contributed by atoms with Crippen molar-refractivity contribution in [2.75, 3.05) is 18.0 Å². The summed E-state index contributed by atoms with van der Waals surface area (Å²) in [5.74, 6) is -0.799. The third kappa shape index (κ3) is 3.93. The average molecular weight is 494 g/mol. The van der Waals surface area contributed by atoms with Crippen LogP contribution in [-0.2, 0) is 11.8 Å². The summed E-state index contributed by atoms with van der Waals surface area (Å²) in [5, 5.41) is 4.48. The molecule has 1 saturated heterocycles. The van der Waals surface area contributed by atoms with Crippen molar-refractivity contribution in [2.45, 2.75) is 44.9 Å². The normalized spacial score (nSPS) is 20.3. The molecule has 4 aromatic rings. The van der Waals surface area contributed by atoms with E-state index in [0.29, 0.717) is 25.0 Å². The molecule has 1 aliphatic heterocycles. The Bertz CT molecular complexity index is 1550. The Hall–Kier alpha value is -3.73. The average Bonchev–Trinajstić information content (AvgIpc) is 3.58. The predicted octanol–water partition coefficient (Wildman–Crippen LogP) is 3.47. The zero-order valence-electron chi connectivity index (χ0n) is 20.2. The molecule has 0 amide bonds. The summed E-state index contributed by atoms with van der Waals surface area (Å²) in [6.07, 6.45) is 5.67. The van der Waals surface area contributed by atoms with Gasteiger partial charge in [0.1, 0.15) is 34.8 Å². The van der Waals surface area contributed by atoms with E-state index in [1.807, 2.05) is 28.9 Å². The van der Waals surface area contributed by atoms with Crippen molar-refractivity contribution in [1.29, 1.82) is 0 Å². The Morgan fingerprint density at radius 3 is 2.64 bits per heavy atom. The summed E-state index contributed by atoms with van der Waals surface area (Å²) in [5.41, 5.74) is 1.03. The first-order valence-corrected chi connectivity index (χ1v) is 11.9. The molecule has 6 rings (SSSR count). The van der Waals surface area contributed by atoms with Crippen LogP contribution in [0.25, 0.3) is 22.3 Å². The second-order valence-corrected chi connectivity index (χ2v) is 9.54. The summed E-state index contributed by atoms with van der Waals surface area (Å²) >= 11 is 0. The minimum Gasteiger partial charge on any atom is -0.367 e. The number of aryl methyl sites for hydroxylation is 1. The Balaban J connectivity index is 1.47. The highest BCUT2D eigenvalue weighted by Gasteiger charge is 2.32. The predicted molar refractivity (Wildman–Crippen MR) is 129 cm³/mol. The van der Waals surface area contributed by atoms with Gasteiger partial charge in [-0.05, 0) is 38.8 Å². The molecule has 1 saturated carbocycles. The lowest BCUT2D eigenvalue weighted by Crippen LogP contribution is -2.43. The minimum atomic E-state index is -0.790. The molecule has 0 unspecified atom stereocenters. The minimum absolute atomic E-state index is 0.0498. The van der Waals surface area contributed by atoms with Crippen molar-refractivity contribution in [2.24, 2.45) is 7.05 Å². The lowest BCUT2D eigenvalue weighted by Gasteiger charge is -2.36. The molecule has 2 fully saturated rings. The molecule has 186 valence electrons. The number of rotatable bonds is 4. The van der Waals surface area contributed by atoms with Crippen molar-refractivity contribution >= 4 is 17.0 Å². The molecule has 4 heterocycles. The van der Waals surface area contributed by atoms with Crippen LogP contribution in [-0.4, -0.2) is 48.5 Å². The Morgan fingerprint density at radius 1 is 1.08 bits per heavy atom. The zero-order valence-corrected chi connectivity index (χ0v) is 20.2. The van der Waals surface area contributed by atoms with Gasteiger partial charge >= 0.3 is 0 Å². The fourth-order valence-electron chi connectivity index (χ4n) is 4.61. The van der Waals surface area contributed by atoms with Gasteiger partial charge in [0.05, 0.1) is 24.9 Å². The van der Waals surface area contributed by atoms with Crippen LogP contribution >= 0.6 is 0 Å². The van der Waals surface area contributed by atoms with Crippen molar-refractivity contribution in [1.82, 2.24) is 29.3 Å². The van der Waals surface area contributed by atoms with Crippen molar-refractivity contribution in [3.63, 3.8) is 0 Å². The highest BCUT2D eigenvalue weighted by molar-refractivity contribution is 5.89. The second kappa shape index (κ2) is 8.44. The fraction of sp³-hybridized carbons (Fsp3) is 0.400. The number of aromatic nitrogens is 6. The third-order valence-corrected chi connectivity index (χ3v) is 6.78. The number of hydrogen-bond donors (Lipinski definition) is 0. The molecule has 0 N–H and O–H groups in total. The van der Waals surface area contributed by atoms with Gasteiger partial charge in [-0.1, -0.05) is 0 Å². The number of ether oxygens (including phenoxy) is 1. The summed E-state index contributed by atoms with van der Waals surface area (Å²) in [6, 6.07) is 3.72. The van der Waals surface area contributed by atoms with Gasteiger partial charge in [0.15, 0.2) is 5.52 Å². The molecule has 1 aromatic carbocycles. The van der Waals surface area contributed by atoms with E-state index in [1.54, 1.807) is 14.0 Å². The van der Waals surface area contributed by atoms with E-state index < -0.39 is 11.6 Å². The SMILES string of the molecule is Cc1nc2c(-c3ccc(F)cc3F)nc(N3C[C@@H](c4cnn(C5CC5)c4)O[C@@H](C)C3)nc2c(=O)n1C. The number of nitrogens with zero attached hydrogens (tertiary/aromatic N) is 7. The first-order valence-electron chi connectivity index (χ1n) is 11.9. The maximum Gasteiger partial charge on any atom is 0.279 e. The Morgan fingerprint density at radius 2 is 1.89 bits per heavy atom. The Labute approximate surface area is 205 Å². The summed E-state index contributed by atoms with van der Waals surface area (Å²) in [6.45, 7) is 4.53. The molecule has 1 aliphatic carbocycles. The molecule has 11 heteroatoms. The van der Waals surface area contributed by atoms with Crippen LogP contribution < -0.4 is 10.5 Å². The molecule has 2 aliphatic rings. The Kier molecular flexibility index (Phi) is 5.32. The molecule has 9 nitrogen and oxygen atoms in total. The van der Waals surface area contributed by atoms with E-state index in [9.17, 15) is 13.6 Å². The molecule has 0 spiro atoms. The van der Waals surface area contributed by atoms with Crippen molar-refractivity contribution < 1.29 is 13.5 Å². The van der Waals surface area contributed by atoms with E-state index >= 15 is 0 Å². The van der Waals surface area contributed by atoms with Gasteiger partial charge in [0.25, 0.3) is 5.56 Å². The maximum absolute atomic E-state index is 14.9. The van der Waals surface area contributed by atoms with E-state index in [4.69, 9.17) is 4.74 Å². The van der Waals surface area contributed by atoms with Gasteiger partial charge in [0, 0.05) is 37.0 Å². The molecular weight excluding hydrogens is 468 g/mol. The van der Waals surface area contributed by atoms with Gasteiger partial charge in [-0.3, -0.25) is 14.0 Å². The topological polar surface area (TPSA) is 91.0 Å². The summed E-state index contributed by atoms with van der Waals surface area (Å²) < 4.78 is 38.1. The van der Waals surface area contributed by atoms with Gasteiger partial charge in [0.2, 0.25) is 5.95 Å². The van der Waals surface area contributed by atoms with Crippen LogP contribution in [0, 0.1) is 18.6 Å². The standard InChI is InChI=1S/C25H25F2N7O2/c1-13-10-33(12-20(36-13)15-9-28-34(11-15)17-5-6-17)25-30-21(18-7-4-16(26)8-19(18)27)22-23(31-25)24(35)32(3)14(2)29-22/h4,7-9,11,13,17,20H,5-6,10,12H2,1-3H3/t13-,20-/m0/s1. The first kappa shape index (κ1) is 22.7. The second-order valence-electron chi connectivity index (χ2n) is 9.54. The van der Waals surface area contributed by atoms with Crippen LogP contribution in [0.3, 0.4) is 0 Å². The zero-order chi connectivity index (χ0) is 25.1. The van der Waals surface area contributed by atoms with Gasteiger partial charge < -0.3 is 9.64 Å². The third-order valence-electron chi connectivity index (χ3n) is 6.78. The molecule has 36 heavy (non-hydrogen) atoms. The number of halogens is 2. The fourth-order valence-corrected chi connectivity index (χ4v) is 4.61. The van der Waals surface area contributed by atoms with Crippen LogP contribution in [0.2, 0.25) is 0 Å². The number of morpholine rings is 1. The van der Waals surface area contributed by atoms with E-state index in [0.717, 1.165) is 30.5 Å². The molecule has 3 aromatic heterocycles. The molecule has 0 radical (unpaired) electrons. The van der Waals surface area contributed by atoms with Crippen LogP contribution in [0.5, 0.6) is 0 Å². The van der Waals surface area contributed by atoms with Crippen molar-refractivity contribution in [3.8, 4) is 11.3 Å². The summed E-state index contributed by atoms with van der Waals surface area (Å²) in [7, 11) is 1.61. The van der Waals surface area contributed by atoms with Crippen molar-refractivity contribution in [3.05, 3.63) is 64.0 Å². The van der Waals surface area contributed by atoms with Gasteiger partial charge in [-0.15, -0.1) is 0 Å². The highest BCUT2D eigenvalue weighted by Crippen LogP contribution is 2.36. The number of benzene rings is 1. The van der Waals surface area contributed by atoms with Gasteiger partial charge in [-0.2, -0.15) is 5.10 Å².